The van der Waals surface area contributed by atoms with E-state index in [1.165, 1.54) is 6.42 Å². The maximum Gasteiger partial charge on any atom is 0.259 e. The molecular weight excluding hydrogens is 318 g/mol. The Morgan fingerprint density at radius 1 is 1.40 bits per heavy atom. The average Bonchev–Trinajstić information content (AvgIpc) is 2.92. The number of piperidine rings is 1. The van der Waals surface area contributed by atoms with Crippen LogP contribution in [0.15, 0.2) is 4.52 Å². The van der Waals surface area contributed by atoms with E-state index in [0.717, 1.165) is 57.9 Å². The molecule has 2 fully saturated rings. The molecule has 1 amide bonds. The van der Waals surface area contributed by atoms with Crippen LogP contribution in [0.1, 0.15) is 54.9 Å². The van der Waals surface area contributed by atoms with Gasteiger partial charge in [-0.1, -0.05) is 12.1 Å². The summed E-state index contributed by atoms with van der Waals surface area (Å²) in [5.74, 6) is 1.41. The van der Waals surface area contributed by atoms with E-state index < -0.39 is 0 Å². The molecule has 1 aromatic heterocycles. The van der Waals surface area contributed by atoms with Crippen LogP contribution in [-0.4, -0.2) is 66.3 Å². The molecule has 3 heterocycles. The van der Waals surface area contributed by atoms with Crippen LogP contribution in [0, 0.1) is 12.8 Å². The fourth-order valence-corrected chi connectivity index (χ4v) is 4.26. The SMILES string of the molecule is CCCc1onc(C)c1C(=O)N1CC2(C[C@@H](COCC)CCN2C)C1. The first-order valence-electron chi connectivity index (χ1n) is 9.54. The minimum absolute atomic E-state index is 0.0770. The molecule has 140 valence electrons. The van der Waals surface area contributed by atoms with Crippen LogP contribution in [0.4, 0.5) is 0 Å². The van der Waals surface area contributed by atoms with Crippen molar-refractivity contribution in [3.8, 4) is 0 Å². The molecular formula is C19H31N3O3. The zero-order valence-corrected chi connectivity index (χ0v) is 16.0. The zero-order chi connectivity index (χ0) is 18.0. The summed E-state index contributed by atoms with van der Waals surface area (Å²) in [7, 11) is 2.19. The summed E-state index contributed by atoms with van der Waals surface area (Å²) in [4.78, 5) is 17.4. The van der Waals surface area contributed by atoms with Crippen LogP contribution in [0.5, 0.6) is 0 Å². The summed E-state index contributed by atoms with van der Waals surface area (Å²) in [6, 6.07) is 0. The van der Waals surface area contributed by atoms with Gasteiger partial charge in [0.25, 0.3) is 5.91 Å². The summed E-state index contributed by atoms with van der Waals surface area (Å²) < 4.78 is 11.0. The average molecular weight is 349 g/mol. The molecule has 2 aliphatic rings. The smallest absolute Gasteiger partial charge is 0.259 e. The second-order valence-electron chi connectivity index (χ2n) is 7.64. The number of hydrogen-bond donors (Lipinski definition) is 0. The third-order valence-electron chi connectivity index (χ3n) is 5.79. The molecule has 2 aliphatic heterocycles. The van der Waals surface area contributed by atoms with Crippen molar-refractivity contribution in [2.24, 2.45) is 5.92 Å². The minimum Gasteiger partial charge on any atom is -0.381 e. The molecule has 0 bridgehead atoms. The molecule has 6 nitrogen and oxygen atoms in total. The molecule has 1 aromatic rings. The van der Waals surface area contributed by atoms with E-state index in [-0.39, 0.29) is 11.4 Å². The van der Waals surface area contributed by atoms with Gasteiger partial charge in [-0.15, -0.1) is 0 Å². The third kappa shape index (κ3) is 3.47. The Bertz CT molecular complexity index is 605. The standard InChI is InChI=1S/C19H31N3O3/c1-5-7-16-17(14(3)20-25-16)18(23)22-12-19(13-22)10-15(11-24-6-2)8-9-21(19)4/h15H,5-13H2,1-4H3/t15-/m0/s1. The molecule has 0 radical (unpaired) electrons. The van der Waals surface area contributed by atoms with Crippen molar-refractivity contribution in [2.45, 2.75) is 52.0 Å². The van der Waals surface area contributed by atoms with Crippen molar-refractivity contribution in [3.63, 3.8) is 0 Å². The van der Waals surface area contributed by atoms with E-state index in [4.69, 9.17) is 9.26 Å². The first-order valence-corrected chi connectivity index (χ1v) is 9.54. The number of nitrogens with zero attached hydrogens (tertiary/aromatic N) is 3. The molecule has 0 unspecified atom stereocenters. The maximum absolute atomic E-state index is 13.0. The number of aromatic nitrogens is 1. The molecule has 1 atom stereocenters. The number of hydrogen-bond acceptors (Lipinski definition) is 5. The summed E-state index contributed by atoms with van der Waals surface area (Å²) >= 11 is 0. The normalized spacial score (nSPS) is 23.0. The van der Waals surface area contributed by atoms with E-state index in [9.17, 15) is 4.79 Å². The highest BCUT2D eigenvalue weighted by Crippen LogP contribution is 2.39. The van der Waals surface area contributed by atoms with E-state index in [1.807, 2.05) is 18.7 Å². The molecule has 1 spiro atoms. The van der Waals surface area contributed by atoms with Crippen molar-refractivity contribution in [2.75, 3.05) is 39.9 Å². The van der Waals surface area contributed by atoms with Gasteiger partial charge >= 0.3 is 0 Å². The number of likely N-dealkylation sites (N-methyl/N-ethyl adjacent to an activating group) is 1. The predicted molar refractivity (Wildman–Crippen MR) is 95.7 cm³/mol. The van der Waals surface area contributed by atoms with Gasteiger partial charge in [0.15, 0.2) is 0 Å². The number of carbonyl (C=O) groups excluding carboxylic acids is 1. The summed E-state index contributed by atoms with van der Waals surface area (Å²) in [6.45, 7) is 10.3. The van der Waals surface area contributed by atoms with Crippen LogP contribution in [-0.2, 0) is 11.2 Å². The van der Waals surface area contributed by atoms with Gasteiger partial charge in [-0.25, -0.2) is 0 Å². The fourth-order valence-electron chi connectivity index (χ4n) is 4.26. The summed E-state index contributed by atoms with van der Waals surface area (Å²) in [5, 5.41) is 4.01. The molecule has 0 saturated carbocycles. The van der Waals surface area contributed by atoms with Crippen molar-refractivity contribution >= 4 is 5.91 Å². The Labute approximate surface area is 150 Å². The highest BCUT2D eigenvalue weighted by atomic mass is 16.5. The van der Waals surface area contributed by atoms with Gasteiger partial charge in [0.2, 0.25) is 0 Å². The quantitative estimate of drug-likeness (QED) is 0.790. The van der Waals surface area contributed by atoms with Crippen molar-refractivity contribution in [1.29, 1.82) is 0 Å². The predicted octanol–water partition coefficient (Wildman–Crippen LogP) is 2.51. The van der Waals surface area contributed by atoms with Crippen molar-refractivity contribution in [1.82, 2.24) is 15.0 Å². The maximum atomic E-state index is 13.0. The molecule has 6 heteroatoms. The van der Waals surface area contributed by atoms with Crippen LogP contribution in [0.25, 0.3) is 0 Å². The van der Waals surface area contributed by atoms with Crippen LogP contribution < -0.4 is 0 Å². The number of aryl methyl sites for hydroxylation is 2. The van der Waals surface area contributed by atoms with Gasteiger partial charge < -0.3 is 14.2 Å². The fraction of sp³-hybridized carbons (Fsp3) is 0.789. The number of rotatable bonds is 6. The van der Waals surface area contributed by atoms with E-state index in [0.29, 0.717) is 17.2 Å². The van der Waals surface area contributed by atoms with Gasteiger partial charge in [-0.05, 0) is 52.6 Å². The largest absolute Gasteiger partial charge is 0.381 e. The second-order valence-corrected chi connectivity index (χ2v) is 7.64. The van der Waals surface area contributed by atoms with Crippen LogP contribution in [0.3, 0.4) is 0 Å². The van der Waals surface area contributed by atoms with Crippen LogP contribution in [0.2, 0.25) is 0 Å². The lowest BCUT2D eigenvalue weighted by molar-refractivity contribution is -0.0752. The number of amides is 1. The first-order chi connectivity index (χ1) is 12.0. The highest BCUT2D eigenvalue weighted by Gasteiger charge is 2.51. The van der Waals surface area contributed by atoms with Crippen LogP contribution >= 0.6 is 0 Å². The van der Waals surface area contributed by atoms with Gasteiger partial charge in [0, 0.05) is 32.7 Å². The topological polar surface area (TPSA) is 58.8 Å². The number of carbonyl (C=O) groups is 1. The Morgan fingerprint density at radius 3 is 2.84 bits per heavy atom. The van der Waals surface area contributed by atoms with Crippen molar-refractivity contribution in [3.05, 3.63) is 17.0 Å². The lowest BCUT2D eigenvalue weighted by Crippen LogP contribution is -2.72. The molecule has 3 rings (SSSR count). The number of ether oxygens (including phenoxy) is 1. The Hall–Kier alpha value is -1.40. The van der Waals surface area contributed by atoms with E-state index in [2.05, 4.69) is 24.0 Å². The lowest BCUT2D eigenvalue weighted by atomic mass is 9.75. The summed E-state index contributed by atoms with van der Waals surface area (Å²) in [5.41, 5.74) is 1.51. The second kappa shape index (κ2) is 7.46. The van der Waals surface area contributed by atoms with Gasteiger partial charge in [0.1, 0.15) is 11.3 Å². The van der Waals surface area contributed by atoms with E-state index >= 15 is 0 Å². The lowest BCUT2D eigenvalue weighted by Gasteiger charge is -2.58. The molecule has 0 aromatic carbocycles. The Morgan fingerprint density at radius 2 is 2.16 bits per heavy atom. The zero-order valence-electron chi connectivity index (χ0n) is 16.0. The van der Waals surface area contributed by atoms with Gasteiger partial charge in [-0.2, -0.15) is 0 Å². The monoisotopic (exact) mass is 349 g/mol. The highest BCUT2D eigenvalue weighted by molar-refractivity contribution is 5.97. The van der Waals surface area contributed by atoms with E-state index in [1.54, 1.807) is 0 Å². The first kappa shape index (κ1) is 18.4. The third-order valence-corrected chi connectivity index (χ3v) is 5.79. The summed E-state index contributed by atoms with van der Waals surface area (Å²) in [6.07, 6.45) is 3.99. The molecule has 2 saturated heterocycles. The Kier molecular flexibility index (Phi) is 5.49. The molecule has 0 N–H and O–H groups in total. The minimum atomic E-state index is 0.0770. The Balaban J connectivity index is 1.66. The van der Waals surface area contributed by atoms with Gasteiger partial charge in [-0.3, -0.25) is 9.69 Å². The molecule has 25 heavy (non-hydrogen) atoms. The van der Waals surface area contributed by atoms with Crippen molar-refractivity contribution < 1.29 is 14.1 Å². The molecule has 0 aliphatic carbocycles. The number of likely N-dealkylation sites (tertiary alicyclic amines) is 2. The van der Waals surface area contributed by atoms with Gasteiger partial charge in [0.05, 0.1) is 11.2 Å².